The molecule has 0 aromatic carbocycles. The Bertz CT molecular complexity index is 659. The number of fused-ring (bicyclic) bond motifs is 4. The van der Waals surface area contributed by atoms with Gasteiger partial charge < -0.3 is 4.57 Å². The molecule has 2 aliphatic rings. The van der Waals surface area contributed by atoms with Gasteiger partial charge in [0.05, 0.1) is 0 Å². The molecule has 20 heavy (non-hydrogen) atoms. The van der Waals surface area contributed by atoms with Gasteiger partial charge in [0.15, 0.2) is 0 Å². The Morgan fingerprint density at radius 3 is 3.00 bits per heavy atom. The van der Waals surface area contributed by atoms with Gasteiger partial charge in [-0.15, -0.1) is 0 Å². The smallest absolute Gasteiger partial charge is 0.106 e. The van der Waals surface area contributed by atoms with Crippen molar-refractivity contribution in [2.24, 2.45) is 5.92 Å². The van der Waals surface area contributed by atoms with Gasteiger partial charge in [0.1, 0.15) is 4.64 Å². The summed E-state index contributed by atoms with van der Waals surface area (Å²) in [5, 5.41) is 4.45. The van der Waals surface area contributed by atoms with Crippen LogP contribution in [0.5, 0.6) is 0 Å². The van der Waals surface area contributed by atoms with E-state index in [1.54, 1.807) is 11.3 Å². The van der Waals surface area contributed by atoms with E-state index in [2.05, 4.69) is 44.5 Å². The minimum atomic E-state index is 0.657. The standard InChI is InChI=1S/C16H18N2S2/c19-16-3-1-2-15-14-6-13(9-18(15)16)8-17(10-14)7-12-4-5-20-11-12/h1-5,11,13-14H,6-10H2/t13-,14+/m1/s1. The lowest BCUT2D eigenvalue weighted by atomic mass is 9.83. The van der Waals surface area contributed by atoms with Gasteiger partial charge >= 0.3 is 0 Å². The highest BCUT2D eigenvalue weighted by molar-refractivity contribution is 7.71. The number of aromatic nitrogens is 1. The average molecular weight is 302 g/mol. The fourth-order valence-corrected chi connectivity index (χ4v) is 4.68. The van der Waals surface area contributed by atoms with Gasteiger partial charge in [-0.2, -0.15) is 11.3 Å². The highest BCUT2D eigenvalue weighted by atomic mass is 32.1. The number of nitrogens with zero attached hydrogens (tertiary/aromatic N) is 2. The molecule has 4 heteroatoms. The first kappa shape index (κ1) is 12.7. The lowest BCUT2D eigenvalue weighted by Crippen LogP contribution is -2.44. The molecule has 2 atom stereocenters. The summed E-state index contributed by atoms with van der Waals surface area (Å²) in [5.74, 6) is 1.41. The molecule has 2 nitrogen and oxygen atoms in total. The molecule has 0 N–H and O–H groups in total. The monoisotopic (exact) mass is 302 g/mol. The SMILES string of the molecule is S=c1cccc2n1C[C@@H]1C[C@H]2CN(Cc2ccsc2)C1. The Hall–Kier alpha value is -0.970. The first-order valence-corrected chi connectivity index (χ1v) is 8.58. The van der Waals surface area contributed by atoms with E-state index in [-0.39, 0.29) is 0 Å². The zero-order chi connectivity index (χ0) is 13.5. The van der Waals surface area contributed by atoms with Gasteiger partial charge in [-0.3, -0.25) is 4.90 Å². The second-order valence-corrected chi connectivity index (χ2v) is 7.22. The van der Waals surface area contributed by atoms with E-state index < -0.39 is 0 Å². The zero-order valence-electron chi connectivity index (χ0n) is 11.4. The molecule has 0 aliphatic carbocycles. The summed E-state index contributed by atoms with van der Waals surface area (Å²) in [4.78, 5) is 2.63. The predicted octanol–water partition coefficient (Wildman–Crippen LogP) is 3.90. The summed E-state index contributed by atoms with van der Waals surface area (Å²) < 4.78 is 3.37. The van der Waals surface area contributed by atoms with Crippen molar-refractivity contribution in [2.75, 3.05) is 13.1 Å². The van der Waals surface area contributed by atoms with Crippen LogP contribution in [-0.2, 0) is 13.1 Å². The Kier molecular flexibility index (Phi) is 3.25. The molecule has 0 saturated carbocycles. The normalized spacial score (nSPS) is 25.4. The van der Waals surface area contributed by atoms with Gasteiger partial charge in [-0.1, -0.05) is 18.3 Å². The third-order valence-electron chi connectivity index (χ3n) is 4.54. The fourth-order valence-electron chi connectivity index (χ4n) is 3.77. The van der Waals surface area contributed by atoms with E-state index in [0.717, 1.165) is 23.6 Å². The molecule has 2 bridgehead atoms. The molecule has 2 aliphatic heterocycles. The lowest BCUT2D eigenvalue weighted by molar-refractivity contribution is 0.115. The number of likely N-dealkylation sites (tertiary alicyclic amines) is 1. The molecular formula is C16H18N2S2. The highest BCUT2D eigenvalue weighted by Crippen LogP contribution is 2.36. The number of thiophene rings is 1. The van der Waals surface area contributed by atoms with Crippen LogP contribution in [0, 0.1) is 10.6 Å². The van der Waals surface area contributed by atoms with E-state index >= 15 is 0 Å². The topological polar surface area (TPSA) is 8.17 Å². The van der Waals surface area contributed by atoms with Crippen LogP contribution in [0.25, 0.3) is 0 Å². The first-order chi connectivity index (χ1) is 9.79. The Morgan fingerprint density at radius 1 is 1.20 bits per heavy atom. The van der Waals surface area contributed by atoms with Crippen LogP contribution in [0.2, 0.25) is 0 Å². The van der Waals surface area contributed by atoms with Crippen LogP contribution in [0.3, 0.4) is 0 Å². The van der Waals surface area contributed by atoms with Crippen molar-refractivity contribution >= 4 is 23.6 Å². The third-order valence-corrected chi connectivity index (χ3v) is 5.63. The van der Waals surface area contributed by atoms with Crippen molar-refractivity contribution in [1.29, 1.82) is 0 Å². The molecule has 0 unspecified atom stereocenters. The summed E-state index contributed by atoms with van der Waals surface area (Å²) in [6.07, 6.45) is 1.33. The van der Waals surface area contributed by atoms with Crippen molar-refractivity contribution in [3.63, 3.8) is 0 Å². The maximum atomic E-state index is 5.49. The van der Waals surface area contributed by atoms with Crippen molar-refractivity contribution in [1.82, 2.24) is 9.47 Å². The fraction of sp³-hybridized carbons (Fsp3) is 0.438. The Morgan fingerprint density at radius 2 is 2.15 bits per heavy atom. The molecule has 1 fully saturated rings. The van der Waals surface area contributed by atoms with Crippen molar-refractivity contribution in [3.8, 4) is 0 Å². The quantitative estimate of drug-likeness (QED) is 0.778. The predicted molar refractivity (Wildman–Crippen MR) is 85.7 cm³/mol. The van der Waals surface area contributed by atoms with Gasteiger partial charge in [0.25, 0.3) is 0 Å². The van der Waals surface area contributed by atoms with Crippen LogP contribution < -0.4 is 0 Å². The number of pyridine rings is 1. The van der Waals surface area contributed by atoms with Gasteiger partial charge in [-0.25, -0.2) is 0 Å². The first-order valence-electron chi connectivity index (χ1n) is 7.23. The molecule has 0 amide bonds. The molecule has 0 radical (unpaired) electrons. The molecule has 104 valence electrons. The van der Waals surface area contributed by atoms with Crippen LogP contribution in [0.4, 0.5) is 0 Å². The van der Waals surface area contributed by atoms with Gasteiger partial charge in [-0.05, 0) is 46.9 Å². The van der Waals surface area contributed by atoms with Crippen LogP contribution in [0.1, 0.15) is 23.6 Å². The second kappa shape index (κ2) is 5.10. The second-order valence-electron chi connectivity index (χ2n) is 6.02. The molecule has 4 rings (SSSR count). The van der Waals surface area contributed by atoms with Gasteiger partial charge in [0.2, 0.25) is 0 Å². The van der Waals surface area contributed by atoms with Crippen molar-refractivity contribution in [3.05, 3.63) is 50.9 Å². The van der Waals surface area contributed by atoms with Crippen LogP contribution >= 0.6 is 23.6 Å². The molecule has 4 heterocycles. The molecule has 0 spiro atoms. The van der Waals surface area contributed by atoms with Crippen LogP contribution in [0.15, 0.2) is 35.0 Å². The van der Waals surface area contributed by atoms with E-state index in [0.29, 0.717) is 5.92 Å². The summed E-state index contributed by atoms with van der Waals surface area (Å²) in [7, 11) is 0. The highest BCUT2D eigenvalue weighted by Gasteiger charge is 2.33. The van der Waals surface area contributed by atoms with E-state index in [1.807, 2.05) is 0 Å². The van der Waals surface area contributed by atoms with Gasteiger partial charge in [0, 0.05) is 37.8 Å². The van der Waals surface area contributed by atoms with E-state index in [4.69, 9.17) is 12.2 Å². The van der Waals surface area contributed by atoms with Crippen molar-refractivity contribution in [2.45, 2.75) is 25.4 Å². The minimum Gasteiger partial charge on any atom is -0.336 e. The maximum absolute atomic E-state index is 5.49. The summed E-state index contributed by atoms with van der Waals surface area (Å²) >= 11 is 7.29. The summed E-state index contributed by atoms with van der Waals surface area (Å²) in [5.41, 5.74) is 2.91. The van der Waals surface area contributed by atoms with Crippen LogP contribution in [-0.4, -0.2) is 22.6 Å². The molecule has 1 saturated heterocycles. The lowest BCUT2D eigenvalue weighted by Gasteiger charge is -2.43. The number of piperidine rings is 1. The average Bonchev–Trinajstić information content (AvgIpc) is 2.93. The Labute approximate surface area is 128 Å². The van der Waals surface area contributed by atoms with E-state index in [9.17, 15) is 0 Å². The third kappa shape index (κ3) is 2.26. The molecular weight excluding hydrogens is 284 g/mol. The number of hydrogen-bond donors (Lipinski definition) is 0. The summed E-state index contributed by atoms with van der Waals surface area (Å²) in [6, 6.07) is 8.69. The number of rotatable bonds is 2. The molecule has 2 aromatic heterocycles. The molecule has 2 aromatic rings. The number of hydrogen-bond acceptors (Lipinski definition) is 3. The summed E-state index contributed by atoms with van der Waals surface area (Å²) in [6.45, 7) is 4.59. The van der Waals surface area contributed by atoms with Crippen molar-refractivity contribution < 1.29 is 0 Å². The van der Waals surface area contributed by atoms with E-state index in [1.165, 1.54) is 30.8 Å². The minimum absolute atomic E-state index is 0.657. The maximum Gasteiger partial charge on any atom is 0.106 e. The zero-order valence-corrected chi connectivity index (χ0v) is 13.0. The largest absolute Gasteiger partial charge is 0.336 e. The Balaban J connectivity index is 1.60.